The van der Waals surface area contributed by atoms with Crippen LogP contribution in [-0.4, -0.2) is 17.7 Å². The summed E-state index contributed by atoms with van der Waals surface area (Å²) in [6, 6.07) is 3.29. The molecule has 0 radical (unpaired) electrons. The van der Waals surface area contributed by atoms with Crippen LogP contribution in [0.3, 0.4) is 0 Å². The van der Waals surface area contributed by atoms with E-state index in [0.717, 1.165) is 57.3 Å². The first kappa shape index (κ1) is 27.2. The molecule has 0 spiro atoms. The molecule has 5 N–H and O–H groups in total. The van der Waals surface area contributed by atoms with Gasteiger partial charge in [0.05, 0.1) is 0 Å². The second-order valence-corrected chi connectivity index (χ2v) is 12.0. The van der Waals surface area contributed by atoms with Crippen molar-refractivity contribution in [1.29, 1.82) is 0 Å². The van der Waals surface area contributed by atoms with Crippen LogP contribution in [0.15, 0.2) is 12.1 Å². The van der Waals surface area contributed by atoms with E-state index in [1.54, 1.807) is 12.1 Å². The van der Waals surface area contributed by atoms with E-state index in [4.69, 9.17) is 11.5 Å². The second-order valence-electron chi connectivity index (χ2n) is 12.0. The first-order valence-electron chi connectivity index (χ1n) is 13.6. The lowest BCUT2D eigenvalue weighted by molar-refractivity contribution is -0.121. The van der Waals surface area contributed by atoms with Crippen LogP contribution in [0, 0.1) is 23.2 Å². The predicted molar refractivity (Wildman–Crippen MR) is 141 cm³/mol. The maximum absolute atomic E-state index is 13.0. The van der Waals surface area contributed by atoms with Crippen LogP contribution < -0.4 is 16.8 Å². The molecule has 1 aromatic rings. The number of hydrogen-bond acceptors (Lipinski definition) is 3. The van der Waals surface area contributed by atoms with Crippen molar-refractivity contribution in [3.63, 3.8) is 0 Å². The molecule has 0 aliphatic heterocycles. The van der Waals surface area contributed by atoms with Crippen LogP contribution >= 0.6 is 0 Å². The zero-order chi connectivity index (χ0) is 25.8. The number of carbonyl (C=O) groups excluding carboxylic acids is 3. The summed E-state index contributed by atoms with van der Waals surface area (Å²) in [4.78, 5) is 38.0. The predicted octanol–water partition coefficient (Wildman–Crippen LogP) is 6.14. The molecule has 1 aromatic carbocycles. The topological polar surface area (TPSA) is 115 Å². The Balaban J connectivity index is 1.78. The fraction of sp³-hybridized carbons (Fsp3) is 0.690. The van der Waals surface area contributed by atoms with Crippen molar-refractivity contribution in [3.05, 3.63) is 28.8 Å². The summed E-state index contributed by atoms with van der Waals surface area (Å²) < 4.78 is 0. The number of nitrogens with two attached hydrogens (primary N) is 2. The lowest BCUT2D eigenvalue weighted by Gasteiger charge is -2.38. The van der Waals surface area contributed by atoms with E-state index in [1.807, 2.05) is 0 Å². The van der Waals surface area contributed by atoms with Crippen LogP contribution in [0.2, 0.25) is 0 Å². The smallest absolute Gasteiger partial charge is 0.249 e. The Morgan fingerprint density at radius 1 is 0.886 bits per heavy atom. The Kier molecular flexibility index (Phi) is 9.00. The molecule has 0 saturated heterocycles. The Morgan fingerprint density at radius 3 is 1.89 bits per heavy atom. The molecular weight excluding hydrogens is 438 g/mol. The monoisotopic (exact) mass is 483 g/mol. The first-order valence-corrected chi connectivity index (χ1v) is 13.6. The molecule has 2 saturated carbocycles. The summed E-state index contributed by atoms with van der Waals surface area (Å²) in [7, 11) is 0. The van der Waals surface area contributed by atoms with Gasteiger partial charge in [-0.05, 0) is 92.2 Å². The van der Waals surface area contributed by atoms with E-state index in [0.29, 0.717) is 28.3 Å². The molecule has 3 amide bonds. The lowest BCUT2D eigenvalue weighted by atomic mass is 9.67. The molecule has 0 bridgehead atoms. The molecule has 2 fully saturated rings. The standard InChI is InChI=1S/C29H45N3O3/c1-5-6-7-18-8-10-20(11-9-18)28(35)32-22-16-23(26(30)33)25(24(17-22)27(31)34)19-12-14-21(15-13-19)29(2,3)4/h16-21H,5-15H2,1-4H3,(H2,30,33)(H2,31,34)(H,32,35). The van der Waals surface area contributed by atoms with Gasteiger partial charge in [0.15, 0.2) is 0 Å². The highest BCUT2D eigenvalue weighted by Crippen LogP contribution is 2.45. The summed E-state index contributed by atoms with van der Waals surface area (Å²) in [6.45, 7) is 8.99. The van der Waals surface area contributed by atoms with Gasteiger partial charge < -0.3 is 16.8 Å². The minimum atomic E-state index is -0.590. The third kappa shape index (κ3) is 6.86. The van der Waals surface area contributed by atoms with Gasteiger partial charge in [-0.25, -0.2) is 0 Å². The van der Waals surface area contributed by atoms with E-state index in [1.165, 1.54) is 19.3 Å². The zero-order valence-corrected chi connectivity index (χ0v) is 22.1. The Labute approximate surface area is 211 Å². The first-order chi connectivity index (χ1) is 16.5. The number of hydrogen-bond donors (Lipinski definition) is 3. The number of carbonyl (C=O) groups is 3. The SMILES string of the molecule is CCCCC1CCC(C(=O)Nc2cc(C(N)=O)c(C3CCC(C(C)(C)C)CC3)c(C(N)=O)c2)CC1. The average molecular weight is 484 g/mol. The number of unbranched alkanes of at least 4 members (excludes halogenated alkanes) is 1. The molecule has 0 unspecified atom stereocenters. The minimum absolute atomic E-state index is 0.0470. The van der Waals surface area contributed by atoms with Crippen molar-refractivity contribution in [1.82, 2.24) is 0 Å². The molecule has 2 aliphatic rings. The molecule has 194 valence electrons. The fourth-order valence-corrected chi connectivity index (χ4v) is 6.27. The third-order valence-electron chi connectivity index (χ3n) is 8.52. The zero-order valence-electron chi connectivity index (χ0n) is 22.1. The Bertz CT molecular complexity index is 883. The van der Waals surface area contributed by atoms with E-state index in [-0.39, 0.29) is 23.2 Å². The quantitative estimate of drug-likeness (QED) is 0.412. The lowest BCUT2D eigenvalue weighted by Crippen LogP contribution is -2.29. The van der Waals surface area contributed by atoms with Gasteiger partial charge in [0.1, 0.15) is 0 Å². The summed E-state index contributed by atoms with van der Waals surface area (Å²) in [6.07, 6.45) is 11.4. The van der Waals surface area contributed by atoms with Crippen molar-refractivity contribution in [2.24, 2.45) is 34.6 Å². The summed E-state index contributed by atoms with van der Waals surface area (Å²) in [5.41, 5.74) is 13.5. The molecule has 6 heteroatoms. The molecule has 3 rings (SSSR count). The van der Waals surface area contributed by atoms with Crippen molar-refractivity contribution in [3.8, 4) is 0 Å². The summed E-state index contributed by atoms with van der Waals surface area (Å²) >= 11 is 0. The van der Waals surface area contributed by atoms with Gasteiger partial charge in [0.25, 0.3) is 0 Å². The Morgan fingerprint density at radius 2 is 1.43 bits per heavy atom. The minimum Gasteiger partial charge on any atom is -0.366 e. The van der Waals surface area contributed by atoms with Crippen molar-refractivity contribution >= 4 is 23.4 Å². The van der Waals surface area contributed by atoms with E-state index in [9.17, 15) is 14.4 Å². The molecule has 6 nitrogen and oxygen atoms in total. The number of nitrogens with one attached hydrogen (secondary N) is 1. The van der Waals surface area contributed by atoms with Gasteiger partial charge in [-0.2, -0.15) is 0 Å². The van der Waals surface area contributed by atoms with Crippen LogP contribution in [0.5, 0.6) is 0 Å². The van der Waals surface area contributed by atoms with Crippen LogP contribution in [0.4, 0.5) is 5.69 Å². The molecule has 0 atom stereocenters. The van der Waals surface area contributed by atoms with Crippen LogP contribution in [-0.2, 0) is 4.79 Å². The molecule has 35 heavy (non-hydrogen) atoms. The van der Waals surface area contributed by atoms with E-state index >= 15 is 0 Å². The van der Waals surface area contributed by atoms with Gasteiger partial charge in [-0.1, -0.05) is 47.0 Å². The maximum atomic E-state index is 13.0. The van der Waals surface area contributed by atoms with E-state index < -0.39 is 11.8 Å². The number of benzene rings is 1. The number of anilines is 1. The van der Waals surface area contributed by atoms with Crippen molar-refractivity contribution in [2.75, 3.05) is 5.32 Å². The largest absolute Gasteiger partial charge is 0.366 e. The van der Waals surface area contributed by atoms with Gasteiger partial charge in [-0.15, -0.1) is 0 Å². The average Bonchev–Trinajstić information content (AvgIpc) is 2.82. The number of primary amides is 2. The van der Waals surface area contributed by atoms with Gasteiger partial charge in [0.2, 0.25) is 17.7 Å². The molecule has 0 heterocycles. The maximum Gasteiger partial charge on any atom is 0.249 e. The van der Waals surface area contributed by atoms with Gasteiger partial charge in [0, 0.05) is 22.7 Å². The van der Waals surface area contributed by atoms with Crippen LogP contribution in [0.25, 0.3) is 0 Å². The fourth-order valence-electron chi connectivity index (χ4n) is 6.27. The molecule has 0 aromatic heterocycles. The van der Waals surface area contributed by atoms with Gasteiger partial charge in [-0.3, -0.25) is 14.4 Å². The second kappa shape index (κ2) is 11.6. The highest BCUT2D eigenvalue weighted by molar-refractivity contribution is 6.04. The highest BCUT2D eigenvalue weighted by Gasteiger charge is 2.34. The third-order valence-corrected chi connectivity index (χ3v) is 8.52. The Hall–Kier alpha value is -2.37. The van der Waals surface area contributed by atoms with Crippen molar-refractivity contribution in [2.45, 2.75) is 104 Å². The number of amides is 3. The normalized spacial score (nSPS) is 25.1. The van der Waals surface area contributed by atoms with Crippen LogP contribution in [0.1, 0.15) is 131 Å². The summed E-state index contributed by atoms with van der Waals surface area (Å²) in [5.74, 6) is 0.0956. The van der Waals surface area contributed by atoms with E-state index in [2.05, 4.69) is 33.0 Å². The van der Waals surface area contributed by atoms with Gasteiger partial charge >= 0.3 is 0 Å². The van der Waals surface area contributed by atoms with Crippen molar-refractivity contribution < 1.29 is 14.4 Å². The number of rotatable bonds is 8. The highest BCUT2D eigenvalue weighted by atomic mass is 16.2. The summed E-state index contributed by atoms with van der Waals surface area (Å²) in [5, 5.41) is 2.96. The molecule has 2 aliphatic carbocycles. The molecular formula is C29H45N3O3.